The molecule has 0 radical (unpaired) electrons. The molecule has 0 saturated carbocycles. The number of aromatic nitrogens is 2. The van der Waals surface area contributed by atoms with Crippen molar-refractivity contribution in [2.24, 2.45) is 5.41 Å². The fourth-order valence-corrected chi connectivity index (χ4v) is 5.95. The van der Waals surface area contributed by atoms with Crippen molar-refractivity contribution in [3.63, 3.8) is 0 Å². The predicted molar refractivity (Wildman–Crippen MR) is 189 cm³/mol. The first-order valence-corrected chi connectivity index (χ1v) is 16.6. The van der Waals surface area contributed by atoms with Crippen molar-refractivity contribution >= 4 is 23.3 Å². The van der Waals surface area contributed by atoms with Gasteiger partial charge in [0.2, 0.25) is 0 Å². The number of aryl methyl sites for hydroxylation is 2. The van der Waals surface area contributed by atoms with Crippen LogP contribution in [0.2, 0.25) is 0 Å². The minimum Gasteiger partial charge on any atom is -0.493 e. The number of pyridine rings is 2. The van der Waals surface area contributed by atoms with Gasteiger partial charge in [0.15, 0.2) is 6.10 Å². The molecular formula is C39H47FN4O4. The van der Waals surface area contributed by atoms with Crippen LogP contribution < -0.4 is 15.0 Å². The molecule has 2 aromatic carbocycles. The van der Waals surface area contributed by atoms with Gasteiger partial charge in [0, 0.05) is 42.5 Å². The zero-order valence-electron chi connectivity index (χ0n) is 29.1. The number of hydrogen-bond acceptors (Lipinski definition) is 7. The molecule has 1 atom stereocenters. The molecule has 0 spiro atoms. The second-order valence-corrected chi connectivity index (χ2v) is 14.4. The number of aliphatic carboxylic acids is 1. The molecule has 0 bridgehead atoms. The largest absolute Gasteiger partial charge is 0.493 e. The molecule has 0 aliphatic carbocycles. The van der Waals surface area contributed by atoms with Gasteiger partial charge in [-0.15, -0.1) is 0 Å². The number of halogens is 1. The van der Waals surface area contributed by atoms with Crippen LogP contribution >= 0.6 is 0 Å². The molecule has 1 saturated heterocycles. The second-order valence-electron chi connectivity index (χ2n) is 14.4. The van der Waals surface area contributed by atoms with Crippen LogP contribution in [0.4, 0.5) is 21.7 Å². The van der Waals surface area contributed by atoms with E-state index < -0.39 is 17.7 Å². The lowest BCUT2D eigenvalue weighted by molar-refractivity contribution is -0.160. The Hall–Kier alpha value is -4.50. The maximum atomic E-state index is 13.3. The Morgan fingerprint density at radius 3 is 2.27 bits per heavy atom. The molecule has 0 amide bonds. The van der Waals surface area contributed by atoms with Crippen molar-refractivity contribution in [1.29, 1.82) is 0 Å². The number of rotatable bonds is 11. The van der Waals surface area contributed by atoms with Crippen LogP contribution in [0.1, 0.15) is 75.9 Å². The Labute approximate surface area is 283 Å². The maximum Gasteiger partial charge on any atom is 0.337 e. The molecule has 1 aliphatic rings. The topological polar surface area (TPSA) is 96.8 Å². The predicted octanol–water partition coefficient (Wildman–Crippen LogP) is 8.83. The lowest BCUT2D eigenvalue weighted by Crippen LogP contribution is -2.39. The smallest absolute Gasteiger partial charge is 0.337 e. The summed E-state index contributed by atoms with van der Waals surface area (Å²) in [5.74, 6) is 0.580. The Bertz CT molecular complexity index is 1710. The van der Waals surface area contributed by atoms with Gasteiger partial charge in [-0.2, -0.15) is 0 Å². The van der Waals surface area contributed by atoms with Gasteiger partial charge in [0.25, 0.3) is 0 Å². The number of benzene rings is 2. The van der Waals surface area contributed by atoms with Crippen LogP contribution in [0.15, 0.2) is 66.9 Å². The minimum absolute atomic E-state index is 0.173. The van der Waals surface area contributed by atoms with E-state index in [0.29, 0.717) is 41.7 Å². The summed E-state index contributed by atoms with van der Waals surface area (Å²) >= 11 is 0. The number of nitrogens with one attached hydrogen (secondary N) is 1. The molecule has 5 rings (SSSR count). The van der Waals surface area contributed by atoms with E-state index in [2.05, 4.69) is 29.0 Å². The van der Waals surface area contributed by atoms with Gasteiger partial charge in [0.1, 0.15) is 23.2 Å². The summed E-state index contributed by atoms with van der Waals surface area (Å²) in [4.78, 5) is 24.9. The number of ether oxygens (including phenoxy) is 2. The summed E-state index contributed by atoms with van der Waals surface area (Å²) in [6.45, 7) is 15.9. The number of carbonyl (C=O) groups is 1. The van der Waals surface area contributed by atoms with Gasteiger partial charge in [-0.25, -0.2) is 19.2 Å². The van der Waals surface area contributed by atoms with Crippen LogP contribution in [-0.4, -0.2) is 46.3 Å². The second kappa shape index (κ2) is 14.3. The molecule has 9 heteroatoms. The van der Waals surface area contributed by atoms with Crippen molar-refractivity contribution in [3.05, 3.63) is 95.1 Å². The maximum absolute atomic E-state index is 13.3. The van der Waals surface area contributed by atoms with E-state index >= 15 is 0 Å². The molecule has 2 aromatic heterocycles. The van der Waals surface area contributed by atoms with E-state index in [1.165, 1.54) is 12.1 Å². The van der Waals surface area contributed by atoms with Crippen LogP contribution in [0.3, 0.4) is 0 Å². The molecule has 1 aliphatic heterocycles. The molecule has 2 N–H and O–H groups in total. The van der Waals surface area contributed by atoms with E-state index in [-0.39, 0.29) is 11.2 Å². The molecule has 48 heavy (non-hydrogen) atoms. The van der Waals surface area contributed by atoms with Crippen LogP contribution in [0.25, 0.3) is 11.1 Å². The lowest BCUT2D eigenvalue weighted by atomic mass is 9.82. The molecule has 3 heterocycles. The Balaban J connectivity index is 1.62. The SMILES string of the molecule is Cc1ccc(Nc2nc(C)c(C(OC(C)(C)C)C(=O)O)c(N3CCC(C)(C)CC3)c2-c2ccc(OCCc3ccc(F)cc3)cc2)nc1. The van der Waals surface area contributed by atoms with Gasteiger partial charge in [-0.1, -0.05) is 44.2 Å². The number of carboxylic acid groups (broad SMARTS) is 1. The average molecular weight is 655 g/mol. The third kappa shape index (κ3) is 8.69. The van der Waals surface area contributed by atoms with Gasteiger partial charge < -0.3 is 24.8 Å². The number of piperidine rings is 1. The Morgan fingerprint density at radius 1 is 1.02 bits per heavy atom. The van der Waals surface area contributed by atoms with E-state index in [0.717, 1.165) is 53.9 Å². The highest BCUT2D eigenvalue weighted by Crippen LogP contribution is 2.47. The highest BCUT2D eigenvalue weighted by Gasteiger charge is 2.37. The molecule has 4 aromatic rings. The summed E-state index contributed by atoms with van der Waals surface area (Å²) in [6, 6.07) is 18.1. The fraction of sp³-hybridized carbons (Fsp3) is 0.410. The first-order valence-electron chi connectivity index (χ1n) is 16.6. The summed E-state index contributed by atoms with van der Waals surface area (Å²) in [6.07, 6.45) is 3.11. The van der Waals surface area contributed by atoms with Crippen molar-refractivity contribution in [3.8, 4) is 16.9 Å². The van der Waals surface area contributed by atoms with Crippen LogP contribution in [0.5, 0.6) is 5.75 Å². The number of anilines is 3. The summed E-state index contributed by atoms with van der Waals surface area (Å²) in [5, 5.41) is 14.0. The first kappa shape index (κ1) is 34.8. The number of hydrogen-bond donors (Lipinski definition) is 2. The number of nitrogens with zero attached hydrogens (tertiary/aromatic N) is 3. The molecule has 8 nitrogen and oxygen atoms in total. The zero-order chi connectivity index (χ0) is 34.6. The Kier molecular flexibility index (Phi) is 10.4. The van der Waals surface area contributed by atoms with E-state index in [1.807, 2.05) is 71.0 Å². The van der Waals surface area contributed by atoms with Gasteiger partial charge in [-0.05, 0) is 99.9 Å². The third-order valence-corrected chi connectivity index (χ3v) is 8.66. The summed E-state index contributed by atoms with van der Waals surface area (Å²) in [7, 11) is 0. The van der Waals surface area contributed by atoms with Crippen LogP contribution in [0, 0.1) is 25.1 Å². The quantitative estimate of drug-likeness (QED) is 0.166. The fourth-order valence-electron chi connectivity index (χ4n) is 5.95. The third-order valence-electron chi connectivity index (χ3n) is 8.66. The van der Waals surface area contributed by atoms with Gasteiger partial charge in [-0.3, -0.25) is 0 Å². The van der Waals surface area contributed by atoms with Crippen molar-refractivity contribution in [2.75, 3.05) is 29.9 Å². The zero-order valence-corrected chi connectivity index (χ0v) is 29.1. The standard InChI is InChI=1S/C39H47FN4O4/c1-25-8-17-31(41-24-25)43-36-33(28-11-15-30(16-12-28)47-23-18-27-9-13-29(40)14-10-27)34(44-21-19-39(6,7)20-22-44)32(26(2)42-36)35(37(45)46)48-38(3,4)5/h8-17,24,35H,18-23H2,1-7H3,(H,45,46)(H,41,42,43). The molecule has 1 unspecified atom stereocenters. The van der Waals surface area contributed by atoms with Crippen LogP contribution in [-0.2, 0) is 16.0 Å². The van der Waals surface area contributed by atoms with Crippen molar-refractivity contribution < 1.29 is 23.8 Å². The highest BCUT2D eigenvalue weighted by molar-refractivity contribution is 5.93. The summed E-state index contributed by atoms with van der Waals surface area (Å²) in [5.41, 5.74) is 5.04. The van der Waals surface area contributed by atoms with Gasteiger partial charge in [0.05, 0.1) is 17.9 Å². The van der Waals surface area contributed by atoms with E-state index in [4.69, 9.17) is 14.5 Å². The summed E-state index contributed by atoms with van der Waals surface area (Å²) < 4.78 is 25.6. The Morgan fingerprint density at radius 2 is 1.69 bits per heavy atom. The van der Waals surface area contributed by atoms with E-state index in [9.17, 15) is 14.3 Å². The van der Waals surface area contributed by atoms with E-state index in [1.54, 1.807) is 18.3 Å². The highest BCUT2D eigenvalue weighted by atomic mass is 19.1. The molecule has 1 fully saturated rings. The minimum atomic E-state index is -1.23. The lowest BCUT2D eigenvalue weighted by Gasteiger charge is -2.41. The molecule has 254 valence electrons. The van der Waals surface area contributed by atoms with Gasteiger partial charge >= 0.3 is 5.97 Å². The first-order chi connectivity index (χ1) is 22.7. The normalized spacial score (nSPS) is 15.2. The van der Waals surface area contributed by atoms with Crippen molar-refractivity contribution in [1.82, 2.24) is 9.97 Å². The average Bonchev–Trinajstić information content (AvgIpc) is 3.02. The van der Waals surface area contributed by atoms with Crippen molar-refractivity contribution in [2.45, 2.75) is 79.4 Å². The number of carboxylic acids is 1. The monoisotopic (exact) mass is 654 g/mol. The molecular weight excluding hydrogens is 607 g/mol.